The van der Waals surface area contributed by atoms with E-state index in [0.29, 0.717) is 6.42 Å². The number of ketones is 1. The Hall–Kier alpha value is -0.370. The van der Waals surface area contributed by atoms with Crippen LogP contribution in [-0.4, -0.2) is 12.3 Å². The number of hydrogen-bond donors (Lipinski definition) is 1. The van der Waals surface area contributed by atoms with Crippen molar-refractivity contribution < 1.29 is 4.79 Å². The molecule has 0 aromatic heterocycles. The van der Waals surface area contributed by atoms with Gasteiger partial charge in [-0.25, -0.2) is 0 Å². The third-order valence-electron chi connectivity index (χ3n) is 2.78. The lowest BCUT2D eigenvalue weighted by atomic mass is 9.86. The maximum atomic E-state index is 10.9. The average molecular weight is 169 g/mol. The van der Waals surface area contributed by atoms with Gasteiger partial charge in [0.25, 0.3) is 0 Å². The van der Waals surface area contributed by atoms with Crippen LogP contribution in [0.1, 0.15) is 44.9 Å². The van der Waals surface area contributed by atoms with Gasteiger partial charge in [0, 0.05) is 6.42 Å². The van der Waals surface area contributed by atoms with Crippen molar-refractivity contribution in [2.24, 2.45) is 11.7 Å². The number of hydrogen-bond acceptors (Lipinski definition) is 2. The Bertz CT molecular complexity index is 139. The Morgan fingerprint density at radius 3 is 2.50 bits per heavy atom. The molecule has 0 bridgehead atoms. The summed E-state index contributed by atoms with van der Waals surface area (Å²) < 4.78 is 0. The molecule has 1 rings (SSSR count). The van der Waals surface area contributed by atoms with Gasteiger partial charge in [-0.1, -0.05) is 32.1 Å². The van der Waals surface area contributed by atoms with Crippen molar-refractivity contribution in [3.63, 3.8) is 0 Å². The Kier molecular flexibility index (Phi) is 4.30. The standard InChI is InChI=1S/C10H19NO/c11-8-10(12)7-6-9-4-2-1-3-5-9/h9H,1-8,11H2. The van der Waals surface area contributed by atoms with Crippen LogP contribution in [0, 0.1) is 5.92 Å². The lowest BCUT2D eigenvalue weighted by molar-refractivity contribution is -0.118. The average Bonchev–Trinajstić information content (AvgIpc) is 2.16. The summed E-state index contributed by atoms with van der Waals surface area (Å²) in [6, 6.07) is 0. The third kappa shape index (κ3) is 3.35. The Balaban J connectivity index is 2.09. The first-order chi connectivity index (χ1) is 5.83. The molecule has 2 nitrogen and oxygen atoms in total. The Morgan fingerprint density at radius 2 is 1.92 bits per heavy atom. The van der Waals surface area contributed by atoms with E-state index in [1.165, 1.54) is 32.1 Å². The number of nitrogens with two attached hydrogens (primary N) is 1. The second-order valence-corrected chi connectivity index (χ2v) is 3.79. The van der Waals surface area contributed by atoms with Crippen LogP contribution in [0.4, 0.5) is 0 Å². The smallest absolute Gasteiger partial charge is 0.146 e. The summed E-state index contributed by atoms with van der Waals surface area (Å²) in [4.78, 5) is 10.9. The van der Waals surface area contributed by atoms with Crippen molar-refractivity contribution in [3.05, 3.63) is 0 Å². The lowest BCUT2D eigenvalue weighted by Gasteiger charge is -2.20. The highest BCUT2D eigenvalue weighted by Crippen LogP contribution is 2.27. The van der Waals surface area contributed by atoms with Gasteiger partial charge in [0.05, 0.1) is 6.54 Å². The first-order valence-electron chi connectivity index (χ1n) is 5.04. The molecular formula is C10H19NO. The molecule has 0 saturated heterocycles. The van der Waals surface area contributed by atoms with Crippen LogP contribution in [0.25, 0.3) is 0 Å². The van der Waals surface area contributed by atoms with Gasteiger partial charge in [-0.15, -0.1) is 0 Å². The second kappa shape index (κ2) is 5.31. The van der Waals surface area contributed by atoms with Gasteiger partial charge in [-0.05, 0) is 12.3 Å². The van der Waals surface area contributed by atoms with Gasteiger partial charge >= 0.3 is 0 Å². The zero-order chi connectivity index (χ0) is 8.81. The van der Waals surface area contributed by atoms with Crippen LogP contribution >= 0.6 is 0 Å². The normalized spacial score (nSPS) is 19.4. The number of carbonyl (C=O) groups excluding carboxylic acids is 1. The minimum Gasteiger partial charge on any atom is -0.324 e. The molecule has 0 aliphatic heterocycles. The Labute approximate surface area is 74.5 Å². The molecule has 1 aliphatic carbocycles. The highest BCUT2D eigenvalue weighted by atomic mass is 16.1. The maximum Gasteiger partial charge on any atom is 0.146 e. The van der Waals surface area contributed by atoms with E-state index in [-0.39, 0.29) is 12.3 Å². The zero-order valence-corrected chi connectivity index (χ0v) is 7.72. The SMILES string of the molecule is NCC(=O)CCC1CCCCC1. The first kappa shape index (κ1) is 9.72. The van der Waals surface area contributed by atoms with Crippen LogP contribution in [0.5, 0.6) is 0 Å². The fourth-order valence-corrected chi connectivity index (χ4v) is 1.94. The highest BCUT2D eigenvalue weighted by molar-refractivity contribution is 5.80. The molecule has 1 aliphatic rings. The molecular weight excluding hydrogens is 150 g/mol. The van der Waals surface area contributed by atoms with E-state index >= 15 is 0 Å². The van der Waals surface area contributed by atoms with Gasteiger partial charge in [0.1, 0.15) is 5.78 Å². The predicted molar refractivity (Wildman–Crippen MR) is 49.9 cm³/mol. The van der Waals surface area contributed by atoms with E-state index in [4.69, 9.17) is 5.73 Å². The third-order valence-corrected chi connectivity index (χ3v) is 2.78. The summed E-state index contributed by atoms with van der Waals surface area (Å²) in [6.45, 7) is 0.229. The zero-order valence-electron chi connectivity index (χ0n) is 7.72. The minimum absolute atomic E-state index is 0.223. The molecule has 70 valence electrons. The molecule has 0 amide bonds. The van der Waals surface area contributed by atoms with Gasteiger partial charge in [0.2, 0.25) is 0 Å². The summed E-state index contributed by atoms with van der Waals surface area (Å²) in [5.41, 5.74) is 5.24. The molecule has 12 heavy (non-hydrogen) atoms. The lowest BCUT2D eigenvalue weighted by Crippen LogP contribution is -2.15. The Morgan fingerprint density at radius 1 is 1.25 bits per heavy atom. The fourth-order valence-electron chi connectivity index (χ4n) is 1.94. The van der Waals surface area contributed by atoms with Crippen LogP contribution in [0.2, 0.25) is 0 Å². The quantitative estimate of drug-likeness (QED) is 0.698. The van der Waals surface area contributed by atoms with Crippen molar-refractivity contribution in [1.29, 1.82) is 0 Å². The molecule has 0 atom stereocenters. The van der Waals surface area contributed by atoms with Gasteiger partial charge in [-0.2, -0.15) is 0 Å². The van der Waals surface area contributed by atoms with Gasteiger partial charge < -0.3 is 5.73 Å². The van der Waals surface area contributed by atoms with E-state index in [9.17, 15) is 4.79 Å². The number of carbonyl (C=O) groups is 1. The largest absolute Gasteiger partial charge is 0.324 e. The van der Waals surface area contributed by atoms with Gasteiger partial charge in [0.15, 0.2) is 0 Å². The summed E-state index contributed by atoms with van der Waals surface area (Å²) in [6.07, 6.45) is 8.57. The van der Waals surface area contributed by atoms with E-state index in [1.54, 1.807) is 0 Å². The van der Waals surface area contributed by atoms with Crippen molar-refractivity contribution in [2.45, 2.75) is 44.9 Å². The summed E-state index contributed by atoms with van der Waals surface area (Å²) in [5.74, 6) is 1.04. The molecule has 0 aromatic rings. The molecule has 0 spiro atoms. The molecule has 2 N–H and O–H groups in total. The van der Waals surface area contributed by atoms with E-state index in [0.717, 1.165) is 12.3 Å². The summed E-state index contributed by atoms with van der Waals surface area (Å²) in [5, 5.41) is 0. The molecule has 2 heteroatoms. The molecule has 0 unspecified atom stereocenters. The predicted octanol–water partition coefficient (Wildman–Crippen LogP) is 1.87. The van der Waals surface area contributed by atoms with Crippen molar-refractivity contribution >= 4 is 5.78 Å². The molecule has 1 fully saturated rings. The van der Waals surface area contributed by atoms with E-state index in [2.05, 4.69) is 0 Å². The summed E-state index contributed by atoms with van der Waals surface area (Å²) in [7, 11) is 0. The van der Waals surface area contributed by atoms with Gasteiger partial charge in [-0.3, -0.25) is 4.79 Å². The van der Waals surface area contributed by atoms with Crippen molar-refractivity contribution in [1.82, 2.24) is 0 Å². The molecule has 1 saturated carbocycles. The molecule has 0 aromatic carbocycles. The van der Waals surface area contributed by atoms with Crippen molar-refractivity contribution in [2.75, 3.05) is 6.54 Å². The van der Waals surface area contributed by atoms with Crippen LogP contribution < -0.4 is 5.73 Å². The number of rotatable bonds is 4. The second-order valence-electron chi connectivity index (χ2n) is 3.79. The van der Waals surface area contributed by atoms with E-state index < -0.39 is 0 Å². The van der Waals surface area contributed by atoms with Crippen LogP contribution in [0.3, 0.4) is 0 Å². The number of Topliss-reactive ketones (excluding diaryl/α,β-unsaturated/α-hetero) is 1. The minimum atomic E-state index is 0.223. The monoisotopic (exact) mass is 169 g/mol. The van der Waals surface area contributed by atoms with Crippen LogP contribution in [-0.2, 0) is 4.79 Å². The fraction of sp³-hybridized carbons (Fsp3) is 0.900. The molecule has 0 heterocycles. The van der Waals surface area contributed by atoms with E-state index in [1.807, 2.05) is 0 Å². The van der Waals surface area contributed by atoms with Crippen molar-refractivity contribution in [3.8, 4) is 0 Å². The maximum absolute atomic E-state index is 10.9. The summed E-state index contributed by atoms with van der Waals surface area (Å²) >= 11 is 0. The topological polar surface area (TPSA) is 43.1 Å². The highest BCUT2D eigenvalue weighted by Gasteiger charge is 2.13. The van der Waals surface area contributed by atoms with Crippen LogP contribution in [0.15, 0.2) is 0 Å². The first-order valence-corrected chi connectivity index (χ1v) is 5.04. The molecule has 0 radical (unpaired) electrons.